The summed E-state index contributed by atoms with van der Waals surface area (Å²) in [5.41, 5.74) is 5.76. The molecule has 1 saturated heterocycles. The molecule has 4 heteroatoms. The van der Waals surface area contributed by atoms with E-state index in [9.17, 15) is 9.59 Å². The Morgan fingerprint density at radius 1 is 0.933 bits per heavy atom. The zero-order valence-electron chi connectivity index (χ0n) is 17.6. The number of nitrogens with zero attached hydrogens (tertiary/aromatic N) is 2. The van der Waals surface area contributed by atoms with Gasteiger partial charge in [-0.3, -0.25) is 9.59 Å². The number of amides is 1. The smallest absolute Gasteiger partial charge is 0.227 e. The fourth-order valence-electron chi connectivity index (χ4n) is 5.38. The highest BCUT2D eigenvalue weighted by Gasteiger charge is 2.32. The Morgan fingerprint density at radius 2 is 1.67 bits per heavy atom. The summed E-state index contributed by atoms with van der Waals surface area (Å²) in [5.74, 6) is 1.24. The van der Waals surface area contributed by atoms with E-state index in [4.69, 9.17) is 0 Å². The fourth-order valence-corrected chi connectivity index (χ4v) is 5.38. The molecule has 2 aromatic carbocycles. The normalized spacial score (nSPS) is 19.2. The maximum atomic E-state index is 12.9. The van der Waals surface area contributed by atoms with Gasteiger partial charge in [-0.25, -0.2) is 0 Å². The molecule has 0 N–H and O–H groups in total. The van der Waals surface area contributed by atoms with Crippen LogP contribution in [0.5, 0.6) is 0 Å². The molecule has 1 fully saturated rings. The largest absolute Gasteiger partial charge is 0.312 e. The molecule has 0 spiro atoms. The van der Waals surface area contributed by atoms with Crippen molar-refractivity contribution in [2.75, 3.05) is 31.1 Å². The van der Waals surface area contributed by atoms with Crippen molar-refractivity contribution >= 4 is 17.4 Å². The molecule has 0 unspecified atom stereocenters. The summed E-state index contributed by atoms with van der Waals surface area (Å²) in [6.07, 6.45) is 6.42. The molecule has 3 heterocycles. The minimum Gasteiger partial charge on any atom is -0.312 e. The maximum absolute atomic E-state index is 12.9. The second kappa shape index (κ2) is 8.35. The number of ketones is 1. The van der Waals surface area contributed by atoms with Gasteiger partial charge in [0.1, 0.15) is 0 Å². The number of aryl methyl sites for hydroxylation is 1. The molecule has 30 heavy (non-hydrogen) atoms. The average Bonchev–Trinajstić information content (AvgIpc) is 3.22. The van der Waals surface area contributed by atoms with E-state index in [0.717, 1.165) is 56.2 Å². The molecular formula is C26H30N2O2. The molecule has 0 bridgehead atoms. The summed E-state index contributed by atoms with van der Waals surface area (Å²) < 4.78 is 0. The Balaban J connectivity index is 1.15. The molecule has 0 aliphatic carbocycles. The van der Waals surface area contributed by atoms with Crippen molar-refractivity contribution < 1.29 is 9.59 Å². The topological polar surface area (TPSA) is 40.6 Å². The highest BCUT2D eigenvalue weighted by molar-refractivity contribution is 6.02. The number of carbonyl (C=O) groups is 2. The van der Waals surface area contributed by atoms with Crippen LogP contribution in [-0.4, -0.2) is 42.8 Å². The van der Waals surface area contributed by atoms with Crippen LogP contribution >= 0.6 is 0 Å². The number of likely N-dealkylation sites (tertiary alicyclic amines) is 1. The third kappa shape index (κ3) is 3.93. The van der Waals surface area contributed by atoms with Crippen molar-refractivity contribution in [2.45, 2.75) is 44.9 Å². The van der Waals surface area contributed by atoms with E-state index in [1.807, 2.05) is 11.0 Å². The zero-order chi connectivity index (χ0) is 20.5. The first-order valence-corrected chi connectivity index (χ1v) is 11.4. The summed E-state index contributed by atoms with van der Waals surface area (Å²) in [4.78, 5) is 29.4. The second-order valence-corrected chi connectivity index (χ2v) is 9.09. The first-order chi connectivity index (χ1) is 14.7. The van der Waals surface area contributed by atoms with Crippen LogP contribution in [0.4, 0.5) is 5.69 Å². The first kappa shape index (κ1) is 19.5. The highest BCUT2D eigenvalue weighted by Crippen LogP contribution is 2.37. The number of benzene rings is 2. The molecule has 5 rings (SSSR count). The summed E-state index contributed by atoms with van der Waals surface area (Å²) in [7, 11) is 0. The van der Waals surface area contributed by atoms with Crippen molar-refractivity contribution in [1.82, 2.24) is 4.90 Å². The maximum Gasteiger partial charge on any atom is 0.227 e. The number of hydrogen-bond donors (Lipinski definition) is 0. The van der Waals surface area contributed by atoms with Crippen LogP contribution in [-0.2, 0) is 24.1 Å². The lowest BCUT2D eigenvalue weighted by Gasteiger charge is -2.32. The van der Waals surface area contributed by atoms with E-state index >= 15 is 0 Å². The number of anilines is 1. The van der Waals surface area contributed by atoms with Gasteiger partial charge >= 0.3 is 0 Å². The average molecular weight is 403 g/mol. The minimum absolute atomic E-state index is 0.232. The lowest BCUT2D eigenvalue weighted by Crippen LogP contribution is -2.35. The van der Waals surface area contributed by atoms with E-state index < -0.39 is 0 Å². The molecule has 2 aromatic rings. The van der Waals surface area contributed by atoms with Crippen molar-refractivity contribution in [3.05, 3.63) is 64.7 Å². The zero-order valence-corrected chi connectivity index (χ0v) is 17.6. The van der Waals surface area contributed by atoms with Crippen LogP contribution < -0.4 is 4.90 Å². The van der Waals surface area contributed by atoms with E-state index in [1.165, 1.54) is 36.0 Å². The van der Waals surface area contributed by atoms with Gasteiger partial charge in [0.2, 0.25) is 5.91 Å². The standard InChI is InChI=1S/C26H30N2O2/c29-24(23-17-21-6-7-25(30)28-15-10-22(18-23)26(21)28)11-14-27-12-8-20(9-13-27)16-19-4-2-1-3-5-19/h1-5,17-18,20H,6-16H2. The van der Waals surface area contributed by atoms with Gasteiger partial charge in [0, 0.05) is 31.5 Å². The van der Waals surface area contributed by atoms with E-state index in [-0.39, 0.29) is 11.7 Å². The van der Waals surface area contributed by atoms with E-state index in [1.54, 1.807) is 0 Å². The van der Waals surface area contributed by atoms with Crippen LogP contribution in [0, 0.1) is 5.92 Å². The Kier molecular flexibility index (Phi) is 5.43. The third-order valence-electron chi connectivity index (χ3n) is 7.10. The number of piperidine rings is 1. The molecule has 156 valence electrons. The van der Waals surface area contributed by atoms with Crippen LogP contribution in [0.2, 0.25) is 0 Å². The molecule has 3 aliphatic heterocycles. The van der Waals surface area contributed by atoms with Gasteiger partial charge in [-0.05, 0) is 79.9 Å². The van der Waals surface area contributed by atoms with Crippen LogP contribution in [0.3, 0.4) is 0 Å². The number of Topliss-reactive ketones (excluding diaryl/α,β-unsaturated/α-hetero) is 1. The predicted octanol–water partition coefficient (Wildman–Crippen LogP) is 4.05. The van der Waals surface area contributed by atoms with Gasteiger partial charge in [-0.15, -0.1) is 0 Å². The Labute approximate surface area is 178 Å². The van der Waals surface area contributed by atoms with Crippen molar-refractivity contribution in [2.24, 2.45) is 5.92 Å². The molecule has 0 radical (unpaired) electrons. The minimum atomic E-state index is 0.232. The van der Waals surface area contributed by atoms with Crippen LogP contribution in [0.15, 0.2) is 42.5 Å². The highest BCUT2D eigenvalue weighted by atomic mass is 16.2. The molecular weight excluding hydrogens is 372 g/mol. The molecule has 1 amide bonds. The molecule has 0 atom stereocenters. The lowest BCUT2D eigenvalue weighted by atomic mass is 9.90. The van der Waals surface area contributed by atoms with Crippen LogP contribution in [0.1, 0.15) is 52.7 Å². The van der Waals surface area contributed by atoms with Gasteiger partial charge in [0.15, 0.2) is 5.78 Å². The Morgan fingerprint density at radius 3 is 2.43 bits per heavy atom. The van der Waals surface area contributed by atoms with Gasteiger partial charge in [-0.2, -0.15) is 0 Å². The number of rotatable bonds is 6. The number of hydrogen-bond acceptors (Lipinski definition) is 3. The SMILES string of the molecule is O=C(CCN1CCC(Cc2ccccc2)CC1)c1cc2c3c(c1)CCN3C(=O)CC2. The van der Waals surface area contributed by atoms with Crippen molar-refractivity contribution in [3.8, 4) is 0 Å². The Bertz CT molecular complexity index is 945. The van der Waals surface area contributed by atoms with Crippen LogP contribution in [0.25, 0.3) is 0 Å². The first-order valence-electron chi connectivity index (χ1n) is 11.4. The summed E-state index contributed by atoms with van der Waals surface area (Å²) in [5, 5.41) is 0. The molecule has 3 aliphatic rings. The summed E-state index contributed by atoms with van der Waals surface area (Å²) >= 11 is 0. The van der Waals surface area contributed by atoms with E-state index in [2.05, 4.69) is 41.3 Å². The van der Waals surface area contributed by atoms with Gasteiger partial charge in [0.05, 0.1) is 5.69 Å². The van der Waals surface area contributed by atoms with Gasteiger partial charge in [-0.1, -0.05) is 30.3 Å². The lowest BCUT2D eigenvalue weighted by molar-refractivity contribution is -0.118. The van der Waals surface area contributed by atoms with E-state index in [0.29, 0.717) is 12.8 Å². The summed E-state index contributed by atoms with van der Waals surface area (Å²) in [6.45, 7) is 3.82. The quantitative estimate of drug-likeness (QED) is 0.685. The molecule has 4 nitrogen and oxygen atoms in total. The number of carbonyl (C=O) groups excluding carboxylic acids is 2. The third-order valence-corrected chi connectivity index (χ3v) is 7.10. The van der Waals surface area contributed by atoms with Crippen molar-refractivity contribution in [3.63, 3.8) is 0 Å². The molecule has 0 saturated carbocycles. The predicted molar refractivity (Wildman–Crippen MR) is 119 cm³/mol. The molecule has 0 aromatic heterocycles. The van der Waals surface area contributed by atoms with Gasteiger partial charge in [0.25, 0.3) is 0 Å². The monoisotopic (exact) mass is 402 g/mol. The second-order valence-electron chi connectivity index (χ2n) is 9.09. The van der Waals surface area contributed by atoms with Gasteiger partial charge < -0.3 is 9.80 Å². The fraction of sp³-hybridized carbons (Fsp3) is 0.462. The Hall–Kier alpha value is -2.46. The summed E-state index contributed by atoms with van der Waals surface area (Å²) in [6, 6.07) is 14.9. The van der Waals surface area contributed by atoms with Crippen molar-refractivity contribution in [1.29, 1.82) is 0 Å².